The van der Waals surface area contributed by atoms with Gasteiger partial charge in [-0.15, -0.1) is 0 Å². The first-order valence-electron chi connectivity index (χ1n) is 8.08. The molecule has 9 heteroatoms. The highest BCUT2D eigenvalue weighted by Gasteiger charge is 2.27. The van der Waals surface area contributed by atoms with Crippen molar-refractivity contribution in [1.82, 2.24) is 25.4 Å². The fraction of sp³-hybridized carbons (Fsp3) is 0.294. The number of hydrogen-bond acceptors (Lipinski definition) is 6. The van der Waals surface area contributed by atoms with Crippen LogP contribution in [0.3, 0.4) is 0 Å². The van der Waals surface area contributed by atoms with Crippen molar-refractivity contribution >= 4 is 17.7 Å². The molecule has 134 valence electrons. The summed E-state index contributed by atoms with van der Waals surface area (Å²) in [7, 11) is 0. The van der Waals surface area contributed by atoms with E-state index in [-0.39, 0.29) is 23.5 Å². The zero-order chi connectivity index (χ0) is 18.1. The molecule has 2 N–H and O–H groups in total. The summed E-state index contributed by atoms with van der Waals surface area (Å²) >= 11 is 1.59. The number of nitrogens with one attached hydrogen (secondary N) is 2. The van der Waals surface area contributed by atoms with E-state index in [1.165, 1.54) is 12.1 Å². The summed E-state index contributed by atoms with van der Waals surface area (Å²) in [6.45, 7) is 0.461. The predicted molar refractivity (Wildman–Crippen MR) is 94.3 cm³/mol. The van der Waals surface area contributed by atoms with Crippen molar-refractivity contribution in [2.45, 2.75) is 18.1 Å². The Labute approximate surface area is 152 Å². The normalized spacial score (nSPS) is 16.8. The topological polar surface area (TPSA) is 96.7 Å². The Hall–Kier alpha value is -2.68. The summed E-state index contributed by atoms with van der Waals surface area (Å²) in [6, 6.07) is 6.32. The van der Waals surface area contributed by atoms with Crippen molar-refractivity contribution in [3.05, 3.63) is 52.9 Å². The van der Waals surface area contributed by atoms with Crippen LogP contribution in [0, 0.1) is 5.82 Å². The van der Waals surface area contributed by atoms with E-state index >= 15 is 0 Å². The SMILES string of the molecule is CSCc1noc(-c2nc3c([nH]2)C[C@H](c2ccc(F)cc2)CNC3=O)n1. The summed E-state index contributed by atoms with van der Waals surface area (Å²) in [4.78, 5) is 24.1. The number of carbonyl (C=O) groups is 1. The van der Waals surface area contributed by atoms with Crippen LogP contribution < -0.4 is 5.32 Å². The minimum Gasteiger partial charge on any atom is -0.350 e. The number of amides is 1. The number of aromatic amines is 1. The maximum atomic E-state index is 13.2. The Morgan fingerprint density at radius 3 is 2.88 bits per heavy atom. The summed E-state index contributed by atoms with van der Waals surface area (Å²) in [5, 5.41) is 6.76. The van der Waals surface area contributed by atoms with Gasteiger partial charge < -0.3 is 14.8 Å². The summed E-state index contributed by atoms with van der Waals surface area (Å²) < 4.78 is 18.4. The standard InChI is InChI=1S/C17H16FN5O2S/c1-26-8-13-21-17(25-23-13)15-20-12-6-10(7-19-16(24)14(12)22-15)9-2-4-11(18)5-3-9/h2-5,10H,6-8H2,1H3,(H,19,24)(H,20,22)/t10-/m0/s1. The van der Waals surface area contributed by atoms with E-state index < -0.39 is 0 Å². The Kier molecular flexibility index (Phi) is 4.46. The van der Waals surface area contributed by atoms with Crippen LogP contribution >= 0.6 is 11.8 Å². The van der Waals surface area contributed by atoms with Gasteiger partial charge in [-0.3, -0.25) is 4.79 Å². The molecule has 0 fully saturated rings. The molecule has 2 aromatic heterocycles. The Balaban J connectivity index is 1.64. The molecular weight excluding hydrogens is 357 g/mol. The van der Waals surface area contributed by atoms with E-state index in [0.29, 0.717) is 41.8 Å². The molecule has 26 heavy (non-hydrogen) atoms. The zero-order valence-corrected chi connectivity index (χ0v) is 14.8. The lowest BCUT2D eigenvalue weighted by molar-refractivity contribution is 0.0950. The van der Waals surface area contributed by atoms with Crippen LogP contribution in [-0.2, 0) is 12.2 Å². The first kappa shape index (κ1) is 16.8. The maximum absolute atomic E-state index is 13.2. The maximum Gasteiger partial charge on any atom is 0.293 e. The number of hydrogen-bond donors (Lipinski definition) is 2. The molecule has 0 bridgehead atoms. The fourth-order valence-corrected chi connectivity index (χ4v) is 3.35. The molecule has 4 rings (SSSR count). The predicted octanol–water partition coefficient (Wildman–Crippen LogP) is 2.53. The van der Waals surface area contributed by atoms with E-state index in [2.05, 4.69) is 25.4 Å². The third-order valence-corrected chi connectivity index (χ3v) is 4.79. The lowest BCUT2D eigenvalue weighted by Gasteiger charge is -2.14. The van der Waals surface area contributed by atoms with Crippen molar-refractivity contribution in [2.24, 2.45) is 0 Å². The number of fused-ring (bicyclic) bond motifs is 1. The van der Waals surface area contributed by atoms with Gasteiger partial charge in [-0.25, -0.2) is 9.37 Å². The van der Waals surface area contributed by atoms with Crippen LogP contribution in [-0.4, -0.2) is 38.8 Å². The van der Waals surface area contributed by atoms with Crippen LogP contribution in [0.5, 0.6) is 0 Å². The van der Waals surface area contributed by atoms with E-state index in [1.54, 1.807) is 23.9 Å². The van der Waals surface area contributed by atoms with Crippen LogP contribution in [0.4, 0.5) is 4.39 Å². The molecule has 1 atom stereocenters. The van der Waals surface area contributed by atoms with Gasteiger partial charge in [0.2, 0.25) is 0 Å². The minimum absolute atomic E-state index is 0.0174. The van der Waals surface area contributed by atoms with Crippen molar-refractivity contribution in [3.8, 4) is 11.7 Å². The molecule has 0 aliphatic carbocycles. The Morgan fingerprint density at radius 1 is 1.31 bits per heavy atom. The van der Waals surface area contributed by atoms with Gasteiger partial charge >= 0.3 is 0 Å². The minimum atomic E-state index is -0.284. The van der Waals surface area contributed by atoms with Gasteiger partial charge in [0.25, 0.3) is 11.8 Å². The van der Waals surface area contributed by atoms with Gasteiger partial charge in [0.1, 0.15) is 11.5 Å². The molecule has 1 amide bonds. The molecule has 0 saturated heterocycles. The number of H-pyrrole nitrogens is 1. The van der Waals surface area contributed by atoms with Gasteiger partial charge in [0, 0.05) is 18.2 Å². The molecule has 7 nitrogen and oxygen atoms in total. The highest BCUT2D eigenvalue weighted by atomic mass is 32.2. The van der Waals surface area contributed by atoms with E-state index in [1.807, 2.05) is 6.26 Å². The first-order valence-corrected chi connectivity index (χ1v) is 9.48. The van der Waals surface area contributed by atoms with Crippen LogP contribution in [0.15, 0.2) is 28.8 Å². The number of benzene rings is 1. The molecule has 0 radical (unpaired) electrons. The Bertz CT molecular complexity index is 937. The van der Waals surface area contributed by atoms with Crippen LogP contribution in [0.1, 0.15) is 33.5 Å². The average Bonchev–Trinajstić information content (AvgIpc) is 3.23. The number of thioether (sulfide) groups is 1. The number of nitrogens with zero attached hydrogens (tertiary/aromatic N) is 3. The average molecular weight is 373 g/mol. The molecule has 0 spiro atoms. The molecular formula is C17H16FN5O2S. The molecule has 0 unspecified atom stereocenters. The Morgan fingerprint density at radius 2 is 2.12 bits per heavy atom. The smallest absolute Gasteiger partial charge is 0.293 e. The summed E-state index contributed by atoms with van der Waals surface area (Å²) in [5.41, 5.74) is 1.99. The first-order chi connectivity index (χ1) is 12.6. The zero-order valence-electron chi connectivity index (χ0n) is 14.0. The quantitative estimate of drug-likeness (QED) is 0.729. The number of aromatic nitrogens is 4. The van der Waals surface area contributed by atoms with Crippen molar-refractivity contribution in [1.29, 1.82) is 0 Å². The van der Waals surface area contributed by atoms with E-state index in [9.17, 15) is 9.18 Å². The second kappa shape index (κ2) is 6.91. The lowest BCUT2D eigenvalue weighted by Crippen LogP contribution is -2.26. The number of rotatable bonds is 4. The van der Waals surface area contributed by atoms with Gasteiger partial charge in [-0.05, 0) is 30.4 Å². The second-order valence-electron chi connectivity index (χ2n) is 6.02. The molecule has 1 aliphatic rings. The summed E-state index contributed by atoms with van der Waals surface area (Å²) in [5.74, 6) is 1.33. The highest BCUT2D eigenvalue weighted by Crippen LogP contribution is 2.26. The van der Waals surface area contributed by atoms with Gasteiger partial charge in [-0.1, -0.05) is 17.3 Å². The molecule has 3 heterocycles. The monoisotopic (exact) mass is 373 g/mol. The van der Waals surface area contributed by atoms with Crippen LogP contribution in [0.25, 0.3) is 11.7 Å². The van der Waals surface area contributed by atoms with E-state index in [0.717, 1.165) is 5.56 Å². The highest BCUT2D eigenvalue weighted by molar-refractivity contribution is 7.97. The third-order valence-electron chi connectivity index (χ3n) is 4.24. The third kappa shape index (κ3) is 3.22. The molecule has 3 aromatic rings. The van der Waals surface area contributed by atoms with Crippen LogP contribution in [0.2, 0.25) is 0 Å². The summed E-state index contributed by atoms with van der Waals surface area (Å²) in [6.07, 6.45) is 2.52. The largest absolute Gasteiger partial charge is 0.350 e. The number of imidazole rings is 1. The van der Waals surface area contributed by atoms with Gasteiger partial charge in [0.15, 0.2) is 11.6 Å². The number of carbonyl (C=O) groups excluding carboxylic acids is 1. The van der Waals surface area contributed by atoms with Gasteiger partial charge in [-0.2, -0.15) is 16.7 Å². The van der Waals surface area contributed by atoms with Crippen molar-refractivity contribution in [2.75, 3.05) is 12.8 Å². The fourth-order valence-electron chi connectivity index (χ4n) is 2.97. The van der Waals surface area contributed by atoms with Crippen molar-refractivity contribution in [3.63, 3.8) is 0 Å². The lowest BCUT2D eigenvalue weighted by atomic mass is 9.94. The molecule has 0 saturated carbocycles. The molecule has 1 aliphatic heterocycles. The van der Waals surface area contributed by atoms with Gasteiger partial charge in [0.05, 0.1) is 5.75 Å². The molecule has 1 aromatic carbocycles. The van der Waals surface area contributed by atoms with E-state index in [4.69, 9.17) is 4.52 Å². The second-order valence-corrected chi connectivity index (χ2v) is 6.89. The number of halogens is 1. The van der Waals surface area contributed by atoms with Crippen molar-refractivity contribution < 1.29 is 13.7 Å².